The zero-order chi connectivity index (χ0) is 21.0. The van der Waals surface area contributed by atoms with Gasteiger partial charge in [-0.15, -0.1) is 0 Å². The number of nitrogens with one attached hydrogen (secondary N) is 2. The minimum Gasteiger partial charge on any atom is -0.383 e. The number of amides is 2. The minimum absolute atomic E-state index is 0.136. The Labute approximate surface area is 162 Å². The van der Waals surface area contributed by atoms with Gasteiger partial charge in [-0.2, -0.15) is 18.3 Å². The van der Waals surface area contributed by atoms with Crippen LogP contribution in [0.4, 0.5) is 24.7 Å². The Morgan fingerprint density at radius 1 is 1.17 bits per heavy atom. The van der Waals surface area contributed by atoms with Crippen LogP contribution in [0.1, 0.15) is 12.0 Å². The zero-order valence-corrected chi connectivity index (χ0v) is 15.0. The SMILES string of the molecule is Nc1ncc(NC(=O)C(=O)N(CCC(F)(F)F)Cc2ccccc2)c2[nH]ncc12. The van der Waals surface area contributed by atoms with Crippen molar-refractivity contribution < 1.29 is 22.8 Å². The van der Waals surface area contributed by atoms with E-state index in [1.54, 1.807) is 30.3 Å². The molecule has 152 valence electrons. The third-order valence-electron chi connectivity index (χ3n) is 4.13. The van der Waals surface area contributed by atoms with Crippen molar-refractivity contribution in [3.8, 4) is 0 Å². The number of nitrogens with two attached hydrogens (primary N) is 1. The molecule has 3 rings (SSSR count). The Bertz CT molecular complexity index is 1020. The second-order valence-electron chi connectivity index (χ2n) is 6.25. The number of hydrogen-bond acceptors (Lipinski definition) is 5. The normalized spacial score (nSPS) is 11.4. The molecule has 3 aromatic rings. The monoisotopic (exact) mass is 406 g/mol. The molecule has 0 saturated heterocycles. The fourth-order valence-electron chi connectivity index (χ4n) is 2.69. The van der Waals surface area contributed by atoms with E-state index in [-0.39, 0.29) is 18.1 Å². The molecule has 0 atom stereocenters. The van der Waals surface area contributed by atoms with Gasteiger partial charge in [-0.1, -0.05) is 30.3 Å². The number of benzene rings is 1. The molecule has 8 nitrogen and oxygen atoms in total. The van der Waals surface area contributed by atoms with Crippen LogP contribution in [-0.2, 0) is 16.1 Å². The zero-order valence-electron chi connectivity index (χ0n) is 15.0. The van der Waals surface area contributed by atoms with Gasteiger partial charge in [-0.3, -0.25) is 14.7 Å². The molecule has 0 spiro atoms. The van der Waals surface area contributed by atoms with Crippen molar-refractivity contribution in [2.24, 2.45) is 0 Å². The molecule has 0 aliphatic rings. The molecule has 0 bridgehead atoms. The van der Waals surface area contributed by atoms with Crippen LogP contribution in [0, 0.1) is 0 Å². The van der Waals surface area contributed by atoms with Crippen molar-refractivity contribution in [2.45, 2.75) is 19.1 Å². The third kappa shape index (κ3) is 5.00. The van der Waals surface area contributed by atoms with Gasteiger partial charge in [-0.05, 0) is 5.56 Å². The lowest BCUT2D eigenvalue weighted by molar-refractivity contribution is -0.151. The Morgan fingerprint density at radius 3 is 2.59 bits per heavy atom. The van der Waals surface area contributed by atoms with Crippen molar-refractivity contribution in [1.29, 1.82) is 0 Å². The smallest absolute Gasteiger partial charge is 0.383 e. The van der Waals surface area contributed by atoms with E-state index in [0.717, 1.165) is 4.90 Å². The van der Waals surface area contributed by atoms with E-state index in [1.807, 2.05) is 0 Å². The molecule has 11 heteroatoms. The lowest BCUT2D eigenvalue weighted by Crippen LogP contribution is -2.41. The standard InChI is InChI=1S/C18H17F3N6O2/c19-18(20,21)6-7-27(10-11-4-2-1-3-5-11)17(29)16(28)25-13-9-23-15(22)12-8-24-26-14(12)13/h1-5,8-9H,6-7,10H2,(H2,22,23)(H,24,26)(H,25,28). The average molecular weight is 406 g/mol. The van der Waals surface area contributed by atoms with Gasteiger partial charge in [0.1, 0.15) is 5.82 Å². The van der Waals surface area contributed by atoms with E-state index in [0.29, 0.717) is 16.5 Å². The van der Waals surface area contributed by atoms with Gasteiger partial charge in [0.15, 0.2) is 0 Å². The number of anilines is 2. The van der Waals surface area contributed by atoms with E-state index in [2.05, 4.69) is 20.5 Å². The molecule has 0 aliphatic heterocycles. The number of carbonyl (C=O) groups excluding carboxylic acids is 2. The summed E-state index contributed by atoms with van der Waals surface area (Å²) in [5.74, 6) is -2.01. The summed E-state index contributed by atoms with van der Waals surface area (Å²) >= 11 is 0. The van der Waals surface area contributed by atoms with E-state index >= 15 is 0 Å². The first kappa shape index (κ1) is 20.1. The van der Waals surface area contributed by atoms with Crippen molar-refractivity contribution in [2.75, 3.05) is 17.6 Å². The highest BCUT2D eigenvalue weighted by Crippen LogP contribution is 2.24. The van der Waals surface area contributed by atoms with Crippen LogP contribution in [0.15, 0.2) is 42.7 Å². The Hall–Kier alpha value is -3.63. The first-order valence-electron chi connectivity index (χ1n) is 8.53. The largest absolute Gasteiger partial charge is 0.390 e. The molecule has 0 aliphatic carbocycles. The number of alkyl halides is 3. The molecular formula is C18H17F3N6O2. The maximum atomic E-state index is 12.7. The molecular weight excluding hydrogens is 389 g/mol. The predicted octanol–water partition coefficient (Wildman–Crippen LogP) is 2.46. The number of pyridine rings is 1. The fraction of sp³-hybridized carbons (Fsp3) is 0.222. The Kier molecular flexibility index (Phi) is 5.66. The summed E-state index contributed by atoms with van der Waals surface area (Å²) in [5, 5.41) is 9.23. The topological polar surface area (TPSA) is 117 Å². The van der Waals surface area contributed by atoms with Crippen LogP contribution in [0.2, 0.25) is 0 Å². The molecule has 1 aromatic carbocycles. The summed E-state index contributed by atoms with van der Waals surface area (Å²) in [6.07, 6.45) is -3.06. The van der Waals surface area contributed by atoms with Crippen molar-refractivity contribution in [3.63, 3.8) is 0 Å². The number of aromatic nitrogens is 3. The lowest BCUT2D eigenvalue weighted by Gasteiger charge is -2.23. The van der Waals surface area contributed by atoms with E-state index in [9.17, 15) is 22.8 Å². The van der Waals surface area contributed by atoms with Crippen LogP contribution < -0.4 is 11.1 Å². The summed E-state index contributed by atoms with van der Waals surface area (Å²) in [5.41, 5.74) is 6.80. The summed E-state index contributed by atoms with van der Waals surface area (Å²) in [6.45, 7) is -0.785. The van der Waals surface area contributed by atoms with Gasteiger partial charge in [0.25, 0.3) is 0 Å². The third-order valence-corrected chi connectivity index (χ3v) is 4.13. The van der Waals surface area contributed by atoms with Crippen LogP contribution in [0.25, 0.3) is 10.9 Å². The molecule has 0 fully saturated rings. The molecule has 2 heterocycles. The molecule has 2 amide bonds. The number of carbonyl (C=O) groups is 2. The average Bonchev–Trinajstić information content (AvgIpc) is 3.18. The number of H-pyrrole nitrogens is 1. The minimum atomic E-state index is -4.46. The van der Waals surface area contributed by atoms with Crippen molar-refractivity contribution >= 4 is 34.2 Å². The number of fused-ring (bicyclic) bond motifs is 1. The maximum Gasteiger partial charge on any atom is 0.390 e. The summed E-state index contributed by atoms with van der Waals surface area (Å²) in [4.78, 5) is 29.8. The van der Waals surface area contributed by atoms with Crippen molar-refractivity contribution in [1.82, 2.24) is 20.1 Å². The molecule has 0 radical (unpaired) electrons. The van der Waals surface area contributed by atoms with E-state index in [1.165, 1.54) is 12.4 Å². The van der Waals surface area contributed by atoms with Crippen LogP contribution in [-0.4, -0.2) is 44.6 Å². The van der Waals surface area contributed by atoms with Gasteiger partial charge < -0.3 is 16.0 Å². The van der Waals surface area contributed by atoms with Gasteiger partial charge in [-0.25, -0.2) is 4.98 Å². The quantitative estimate of drug-likeness (QED) is 0.563. The van der Waals surface area contributed by atoms with E-state index in [4.69, 9.17) is 5.73 Å². The number of halogens is 3. The number of aromatic amines is 1. The highest BCUT2D eigenvalue weighted by molar-refractivity contribution is 6.40. The highest BCUT2D eigenvalue weighted by Gasteiger charge is 2.31. The second kappa shape index (κ2) is 8.17. The fourth-order valence-corrected chi connectivity index (χ4v) is 2.69. The van der Waals surface area contributed by atoms with E-state index < -0.39 is 31.0 Å². The summed E-state index contributed by atoms with van der Waals surface area (Å²) < 4.78 is 38.0. The molecule has 4 N–H and O–H groups in total. The number of hydrogen-bond donors (Lipinski definition) is 3. The lowest BCUT2D eigenvalue weighted by atomic mass is 10.2. The number of nitrogen functional groups attached to an aromatic ring is 1. The second-order valence-corrected chi connectivity index (χ2v) is 6.25. The number of nitrogens with zero attached hydrogens (tertiary/aromatic N) is 3. The van der Waals surface area contributed by atoms with Gasteiger partial charge in [0.2, 0.25) is 0 Å². The Balaban J connectivity index is 1.78. The molecule has 2 aromatic heterocycles. The van der Waals surface area contributed by atoms with Crippen LogP contribution in [0.3, 0.4) is 0 Å². The van der Waals surface area contributed by atoms with Gasteiger partial charge >= 0.3 is 18.0 Å². The van der Waals surface area contributed by atoms with Crippen LogP contribution in [0.5, 0.6) is 0 Å². The first-order chi connectivity index (χ1) is 13.7. The molecule has 29 heavy (non-hydrogen) atoms. The van der Waals surface area contributed by atoms with Crippen LogP contribution >= 0.6 is 0 Å². The summed E-state index contributed by atoms with van der Waals surface area (Å²) in [7, 11) is 0. The van der Waals surface area contributed by atoms with Crippen molar-refractivity contribution in [3.05, 3.63) is 48.3 Å². The Morgan fingerprint density at radius 2 is 1.90 bits per heavy atom. The molecule has 0 unspecified atom stereocenters. The maximum absolute atomic E-state index is 12.7. The predicted molar refractivity (Wildman–Crippen MR) is 99.5 cm³/mol. The molecule has 0 saturated carbocycles. The summed E-state index contributed by atoms with van der Waals surface area (Å²) in [6, 6.07) is 8.43. The highest BCUT2D eigenvalue weighted by atomic mass is 19.4. The number of rotatable bonds is 5. The first-order valence-corrected chi connectivity index (χ1v) is 8.53. The van der Waals surface area contributed by atoms with Gasteiger partial charge in [0, 0.05) is 13.1 Å². The van der Waals surface area contributed by atoms with Gasteiger partial charge in [0.05, 0.1) is 35.4 Å².